The van der Waals surface area contributed by atoms with Gasteiger partial charge < -0.3 is 10.4 Å². The van der Waals surface area contributed by atoms with Crippen molar-refractivity contribution >= 4 is 29.2 Å². The predicted molar refractivity (Wildman–Crippen MR) is 64.1 cm³/mol. The lowest BCUT2D eigenvalue weighted by Crippen LogP contribution is -2.31. The van der Waals surface area contributed by atoms with Crippen LogP contribution in [0.25, 0.3) is 0 Å². The smallest absolute Gasteiger partial charge is 0.319 e. The molecule has 5 heteroatoms. The largest absolute Gasteiger partial charge is 0.480 e. The van der Waals surface area contributed by atoms with Crippen molar-refractivity contribution in [2.24, 2.45) is 5.41 Å². The van der Waals surface area contributed by atoms with Crippen LogP contribution in [0.2, 0.25) is 5.02 Å². The molecule has 0 aliphatic heterocycles. The quantitative estimate of drug-likeness (QED) is 0.813. The zero-order chi connectivity index (χ0) is 12.6. The molecule has 2 N–H and O–H groups in total. The van der Waals surface area contributed by atoms with Crippen LogP contribution in [0.1, 0.15) is 18.4 Å². The van der Waals surface area contributed by atoms with Crippen LogP contribution in [0.4, 0.5) is 5.69 Å². The van der Waals surface area contributed by atoms with Gasteiger partial charge in [0.1, 0.15) is 5.41 Å². The summed E-state index contributed by atoms with van der Waals surface area (Å²) in [4.78, 5) is 22.9. The van der Waals surface area contributed by atoms with Gasteiger partial charge in [-0.3, -0.25) is 9.59 Å². The third-order valence-corrected chi connectivity index (χ3v) is 3.37. The van der Waals surface area contributed by atoms with E-state index in [-0.39, 0.29) is 0 Å². The maximum Gasteiger partial charge on any atom is 0.319 e. The van der Waals surface area contributed by atoms with Gasteiger partial charge in [-0.05, 0) is 31.4 Å². The maximum atomic E-state index is 11.9. The Labute approximate surface area is 104 Å². The summed E-state index contributed by atoms with van der Waals surface area (Å²) < 4.78 is 0. The van der Waals surface area contributed by atoms with Crippen LogP contribution in [0.15, 0.2) is 18.2 Å². The molecule has 0 radical (unpaired) electrons. The van der Waals surface area contributed by atoms with Crippen molar-refractivity contribution in [3.8, 4) is 0 Å². The minimum atomic E-state index is -1.24. The summed E-state index contributed by atoms with van der Waals surface area (Å²) in [6.07, 6.45) is 0.773. The van der Waals surface area contributed by atoms with Crippen molar-refractivity contribution < 1.29 is 14.7 Å². The molecule has 0 saturated heterocycles. The van der Waals surface area contributed by atoms with E-state index in [0.29, 0.717) is 23.6 Å². The van der Waals surface area contributed by atoms with Crippen molar-refractivity contribution in [3.05, 3.63) is 28.8 Å². The van der Waals surface area contributed by atoms with Gasteiger partial charge in [0, 0.05) is 0 Å². The molecule has 17 heavy (non-hydrogen) atoms. The monoisotopic (exact) mass is 253 g/mol. The van der Waals surface area contributed by atoms with Crippen molar-refractivity contribution in [1.29, 1.82) is 0 Å². The summed E-state index contributed by atoms with van der Waals surface area (Å²) >= 11 is 5.96. The fourth-order valence-electron chi connectivity index (χ4n) is 1.69. The van der Waals surface area contributed by atoms with E-state index in [9.17, 15) is 9.59 Å². The van der Waals surface area contributed by atoms with Gasteiger partial charge in [0.05, 0.1) is 10.7 Å². The number of amides is 1. The van der Waals surface area contributed by atoms with Crippen LogP contribution in [0.5, 0.6) is 0 Å². The minimum absolute atomic E-state index is 0.387. The number of rotatable bonds is 3. The van der Waals surface area contributed by atoms with E-state index >= 15 is 0 Å². The number of halogens is 1. The molecule has 4 nitrogen and oxygen atoms in total. The fraction of sp³-hybridized carbons (Fsp3) is 0.333. The Balaban J connectivity index is 2.23. The Bertz CT molecular complexity index is 474. The zero-order valence-corrected chi connectivity index (χ0v) is 10.0. The number of hydrogen-bond donors (Lipinski definition) is 2. The van der Waals surface area contributed by atoms with Gasteiger partial charge in [0.15, 0.2) is 0 Å². The van der Waals surface area contributed by atoms with Gasteiger partial charge in [0.25, 0.3) is 0 Å². The van der Waals surface area contributed by atoms with Gasteiger partial charge >= 0.3 is 5.97 Å². The number of carboxylic acids is 1. The van der Waals surface area contributed by atoms with E-state index in [1.54, 1.807) is 12.1 Å². The van der Waals surface area contributed by atoms with Gasteiger partial charge in [0.2, 0.25) is 5.91 Å². The first-order chi connectivity index (χ1) is 7.97. The SMILES string of the molecule is Cc1cccc(Cl)c1NC(=O)C1(C(=O)O)CC1. The third-order valence-electron chi connectivity index (χ3n) is 3.05. The van der Waals surface area contributed by atoms with E-state index in [2.05, 4.69) is 5.32 Å². The number of aryl methyl sites for hydroxylation is 1. The Kier molecular flexibility index (Phi) is 2.83. The lowest BCUT2D eigenvalue weighted by atomic mass is 10.1. The van der Waals surface area contributed by atoms with Crippen molar-refractivity contribution in [1.82, 2.24) is 0 Å². The third kappa shape index (κ3) is 2.00. The highest BCUT2D eigenvalue weighted by Crippen LogP contribution is 2.47. The van der Waals surface area contributed by atoms with Crippen LogP contribution >= 0.6 is 11.6 Å². The molecule has 1 fully saturated rings. The van der Waals surface area contributed by atoms with Crippen LogP contribution < -0.4 is 5.32 Å². The first kappa shape index (κ1) is 11.9. The molecule has 0 bridgehead atoms. The van der Waals surface area contributed by atoms with Crippen LogP contribution in [-0.4, -0.2) is 17.0 Å². The molecule has 2 rings (SSSR count). The number of carbonyl (C=O) groups is 2. The molecule has 0 atom stereocenters. The molecule has 90 valence electrons. The van der Waals surface area contributed by atoms with Crippen molar-refractivity contribution in [3.63, 3.8) is 0 Å². The molecule has 0 unspecified atom stereocenters. The highest BCUT2D eigenvalue weighted by atomic mass is 35.5. The second-order valence-electron chi connectivity index (χ2n) is 4.27. The number of nitrogens with one attached hydrogen (secondary N) is 1. The molecule has 1 aliphatic carbocycles. The molecule has 1 aromatic carbocycles. The topological polar surface area (TPSA) is 66.4 Å². The average molecular weight is 254 g/mol. The molecule has 1 saturated carbocycles. The fourth-order valence-corrected chi connectivity index (χ4v) is 1.96. The van der Waals surface area contributed by atoms with E-state index in [0.717, 1.165) is 5.56 Å². The van der Waals surface area contributed by atoms with Crippen LogP contribution in [0.3, 0.4) is 0 Å². The molecular weight excluding hydrogens is 242 g/mol. The summed E-state index contributed by atoms with van der Waals surface area (Å²) in [6.45, 7) is 1.81. The van der Waals surface area contributed by atoms with Crippen molar-refractivity contribution in [2.75, 3.05) is 5.32 Å². The van der Waals surface area contributed by atoms with E-state index in [1.807, 2.05) is 13.0 Å². The Morgan fingerprint density at radius 3 is 2.53 bits per heavy atom. The average Bonchev–Trinajstić information content (AvgIpc) is 3.04. The maximum absolute atomic E-state index is 11.9. The summed E-state index contributed by atoms with van der Waals surface area (Å²) in [6, 6.07) is 5.24. The summed E-state index contributed by atoms with van der Waals surface area (Å²) in [7, 11) is 0. The lowest BCUT2D eigenvalue weighted by Gasteiger charge is -2.13. The van der Waals surface area contributed by atoms with E-state index < -0.39 is 17.3 Å². The molecule has 0 spiro atoms. The second-order valence-corrected chi connectivity index (χ2v) is 4.68. The van der Waals surface area contributed by atoms with Gasteiger partial charge in [-0.2, -0.15) is 0 Å². The molecule has 1 aromatic rings. The Hall–Kier alpha value is -1.55. The Morgan fingerprint density at radius 2 is 2.06 bits per heavy atom. The number of carboxylic acid groups (broad SMARTS) is 1. The first-order valence-electron chi connectivity index (χ1n) is 5.27. The number of aliphatic carboxylic acids is 1. The molecule has 0 heterocycles. The highest BCUT2D eigenvalue weighted by Gasteiger charge is 2.57. The molecule has 1 aliphatic rings. The lowest BCUT2D eigenvalue weighted by molar-refractivity contribution is -0.147. The number of para-hydroxylation sites is 1. The molecule has 1 amide bonds. The first-order valence-corrected chi connectivity index (χ1v) is 5.65. The summed E-state index contributed by atoms with van der Waals surface area (Å²) in [5.74, 6) is -1.55. The number of hydrogen-bond acceptors (Lipinski definition) is 2. The number of anilines is 1. The number of carbonyl (C=O) groups excluding carboxylic acids is 1. The number of benzene rings is 1. The predicted octanol–water partition coefficient (Wildman–Crippen LogP) is 2.45. The summed E-state index contributed by atoms with van der Waals surface area (Å²) in [5, 5.41) is 12.0. The second kappa shape index (κ2) is 4.04. The van der Waals surface area contributed by atoms with Crippen molar-refractivity contribution in [2.45, 2.75) is 19.8 Å². The normalized spacial score (nSPS) is 16.4. The van der Waals surface area contributed by atoms with Gasteiger partial charge in [-0.15, -0.1) is 0 Å². The Morgan fingerprint density at radius 1 is 1.41 bits per heavy atom. The standard InChI is InChI=1S/C12H12ClNO3/c1-7-3-2-4-8(13)9(7)14-10(15)12(5-6-12)11(16)17/h2-4H,5-6H2,1H3,(H,14,15)(H,16,17). The van der Waals surface area contributed by atoms with Crippen LogP contribution in [-0.2, 0) is 9.59 Å². The highest BCUT2D eigenvalue weighted by molar-refractivity contribution is 6.34. The molecular formula is C12H12ClNO3. The van der Waals surface area contributed by atoms with Gasteiger partial charge in [-0.25, -0.2) is 0 Å². The van der Waals surface area contributed by atoms with E-state index in [4.69, 9.17) is 16.7 Å². The zero-order valence-electron chi connectivity index (χ0n) is 9.29. The molecule has 0 aromatic heterocycles. The van der Waals surface area contributed by atoms with Crippen LogP contribution in [0, 0.1) is 12.3 Å². The van der Waals surface area contributed by atoms with Gasteiger partial charge in [-0.1, -0.05) is 23.7 Å². The summed E-state index contributed by atoms with van der Waals surface area (Å²) in [5.41, 5.74) is 0.0599. The minimum Gasteiger partial charge on any atom is -0.480 e. The van der Waals surface area contributed by atoms with E-state index in [1.165, 1.54) is 0 Å².